The fourth-order valence-corrected chi connectivity index (χ4v) is 2.16. The maximum absolute atomic E-state index is 12.2. The van der Waals surface area contributed by atoms with Gasteiger partial charge in [-0.3, -0.25) is 14.6 Å². The molecule has 126 valence electrons. The second kappa shape index (κ2) is 8.79. The lowest BCUT2D eigenvalue weighted by atomic mass is 10.1. The van der Waals surface area contributed by atoms with E-state index < -0.39 is 0 Å². The first-order chi connectivity index (χ1) is 11.6. The van der Waals surface area contributed by atoms with Crippen molar-refractivity contribution in [3.63, 3.8) is 0 Å². The molecule has 0 radical (unpaired) electrons. The number of aromatic nitrogens is 1. The number of pyridine rings is 1. The Labute approximate surface area is 141 Å². The topological polar surface area (TPSA) is 80.3 Å². The predicted molar refractivity (Wildman–Crippen MR) is 90.8 cm³/mol. The Morgan fingerprint density at radius 1 is 1.08 bits per heavy atom. The SMILES string of the molecule is COCCNC(=O)c1cncc(C(=O)NCc2cccc(C)c2)c1. The molecule has 2 amide bonds. The standard InChI is InChI=1S/C18H21N3O3/c1-13-4-3-5-14(8-13)10-21-18(23)16-9-15(11-19-12-16)17(22)20-6-7-24-2/h3-5,8-9,11-12H,6-7,10H2,1-2H3,(H,20,22)(H,21,23). The molecule has 0 unspecified atom stereocenters. The summed E-state index contributed by atoms with van der Waals surface area (Å²) in [4.78, 5) is 28.2. The fraction of sp³-hybridized carbons (Fsp3) is 0.278. The van der Waals surface area contributed by atoms with Crippen LogP contribution in [0.1, 0.15) is 31.8 Å². The van der Waals surface area contributed by atoms with Crippen LogP contribution in [0, 0.1) is 6.92 Å². The van der Waals surface area contributed by atoms with Crippen LogP contribution in [-0.2, 0) is 11.3 Å². The van der Waals surface area contributed by atoms with Gasteiger partial charge in [-0.05, 0) is 18.6 Å². The van der Waals surface area contributed by atoms with E-state index in [-0.39, 0.29) is 11.8 Å². The van der Waals surface area contributed by atoms with Gasteiger partial charge >= 0.3 is 0 Å². The Balaban J connectivity index is 1.97. The number of hydrogen-bond donors (Lipinski definition) is 2. The lowest BCUT2D eigenvalue weighted by Gasteiger charge is -2.08. The Morgan fingerprint density at radius 2 is 1.79 bits per heavy atom. The van der Waals surface area contributed by atoms with Crippen LogP contribution in [0.3, 0.4) is 0 Å². The Morgan fingerprint density at radius 3 is 2.46 bits per heavy atom. The predicted octanol–water partition coefficient (Wildman–Crippen LogP) is 1.70. The van der Waals surface area contributed by atoms with Crippen LogP contribution in [0.15, 0.2) is 42.7 Å². The van der Waals surface area contributed by atoms with E-state index in [9.17, 15) is 9.59 Å². The Kier molecular flexibility index (Phi) is 6.45. The first kappa shape index (κ1) is 17.6. The molecule has 1 heterocycles. The number of hydrogen-bond acceptors (Lipinski definition) is 4. The van der Waals surface area contributed by atoms with Crippen molar-refractivity contribution in [2.24, 2.45) is 0 Å². The van der Waals surface area contributed by atoms with E-state index in [4.69, 9.17) is 4.74 Å². The van der Waals surface area contributed by atoms with Crippen molar-refractivity contribution in [3.8, 4) is 0 Å². The maximum atomic E-state index is 12.2. The van der Waals surface area contributed by atoms with E-state index in [1.54, 1.807) is 7.11 Å². The highest BCUT2D eigenvalue weighted by atomic mass is 16.5. The molecule has 0 saturated heterocycles. The third kappa shape index (κ3) is 5.17. The van der Waals surface area contributed by atoms with Crippen LogP contribution >= 0.6 is 0 Å². The minimum atomic E-state index is -0.284. The number of carbonyl (C=O) groups is 2. The highest BCUT2D eigenvalue weighted by molar-refractivity contribution is 5.99. The van der Waals surface area contributed by atoms with Gasteiger partial charge in [0.25, 0.3) is 11.8 Å². The fourth-order valence-electron chi connectivity index (χ4n) is 2.16. The zero-order valence-electron chi connectivity index (χ0n) is 13.8. The van der Waals surface area contributed by atoms with E-state index >= 15 is 0 Å². The maximum Gasteiger partial charge on any atom is 0.253 e. The highest BCUT2D eigenvalue weighted by Crippen LogP contribution is 2.06. The third-order valence-electron chi connectivity index (χ3n) is 3.39. The number of methoxy groups -OCH3 is 1. The van der Waals surface area contributed by atoms with Gasteiger partial charge in [0, 0.05) is 32.6 Å². The third-order valence-corrected chi connectivity index (χ3v) is 3.39. The molecular weight excluding hydrogens is 306 g/mol. The number of amides is 2. The number of nitrogens with zero attached hydrogens (tertiary/aromatic N) is 1. The van der Waals surface area contributed by atoms with Gasteiger partial charge < -0.3 is 15.4 Å². The van der Waals surface area contributed by atoms with E-state index in [1.807, 2.05) is 31.2 Å². The lowest BCUT2D eigenvalue weighted by Crippen LogP contribution is -2.28. The van der Waals surface area contributed by atoms with Gasteiger partial charge in [-0.2, -0.15) is 0 Å². The van der Waals surface area contributed by atoms with Crippen molar-refractivity contribution in [2.45, 2.75) is 13.5 Å². The summed E-state index contributed by atoms with van der Waals surface area (Å²) in [6.45, 7) is 3.25. The van der Waals surface area contributed by atoms with E-state index in [2.05, 4.69) is 15.6 Å². The highest BCUT2D eigenvalue weighted by Gasteiger charge is 2.11. The zero-order valence-corrected chi connectivity index (χ0v) is 13.8. The summed E-state index contributed by atoms with van der Waals surface area (Å²) in [5, 5.41) is 5.52. The van der Waals surface area contributed by atoms with Gasteiger partial charge in [0.2, 0.25) is 0 Å². The van der Waals surface area contributed by atoms with Crippen LogP contribution in [-0.4, -0.2) is 37.1 Å². The molecule has 6 nitrogen and oxygen atoms in total. The molecule has 0 aliphatic rings. The molecule has 2 aromatic rings. The van der Waals surface area contributed by atoms with Crippen LogP contribution in [0.2, 0.25) is 0 Å². The number of aryl methyl sites for hydroxylation is 1. The molecule has 0 saturated carbocycles. The first-order valence-corrected chi connectivity index (χ1v) is 7.66. The van der Waals surface area contributed by atoms with Crippen LogP contribution < -0.4 is 10.6 Å². The second-order valence-corrected chi connectivity index (χ2v) is 5.38. The molecule has 0 spiro atoms. The molecule has 1 aromatic heterocycles. The molecule has 0 fully saturated rings. The van der Waals surface area contributed by atoms with E-state index in [1.165, 1.54) is 18.5 Å². The summed E-state index contributed by atoms with van der Waals surface area (Å²) < 4.78 is 4.88. The number of ether oxygens (including phenoxy) is 1. The Bertz CT molecular complexity index is 716. The summed E-state index contributed by atoms with van der Waals surface area (Å²) in [5.74, 6) is -0.552. The molecular formula is C18H21N3O3. The number of carbonyl (C=O) groups excluding carboxylic acids is 2. The van der Waals surface area contributed by atoms with Crippen molar-refractivity contribution >= 4 is 11.8 Å². The van der Waals surface area contributed by atoms with Gasteiger partial charge in [0.15, 0.2) is 0 Å². The smallest absolute Gasteiger partial charge is 0.253 e. The summed E-state index contributed by atoms with van der Waals surface area (Å²) in [6, 6.07) is 9.44. The number of nitrogens with one attached hydrogen (secondary N) is 2. The molecule has 2 N–H and O–H groups in total. The van der Waals surface area contributed by atoms with Gasteiger partial charge in [0.1, 0.15) is 0 Å². The molecule has 0 aliphatic heterocycles. The zero-order chi connectivity index (χ0) is 17.4. The van der Waals surface area contributed by atoms with Gasteiger partial charge in [-0.15, -0.1) is 0 Å². The quantitative estimate of drug-likeness (QED) is 0.759. The monoisotopic (exact) mass is 327 g/mol. The Hall–Kier alpha value is -2.73. The van der Waals surface area contributed by atoms with Crippen LogP contribution in [0.25, 0.3) is 0 Å². The molecule has 0 aliphatic carbocycles. The average Bonchev–Trinajstić information content (AvgIpc) is 2.60. The van der Waals surface area contributed by atoms with Crippen molar-refractivity contribution in [3.05, 3.63) is 65.0 Å². The summed E-state index contributed by atoms with van der Waals surface area (Å²) >= 11 is 0. The molecule has 1 aromatic carbocycles. The molecule has 24 heavy (non-hydrogen) atoms. The number of rotatable bonds is 7. The molecule has 2 rings (SSSR count). The van der Waals surface area contributed by atoms with E-state index in [0.29, 0.717) is 30.8 Å². The molecule has 0 bridgehead atoms. The van der Waals surface area contributed by atoms with Crippen molar-refractivity contribution in [1.29, 1.82) is 0 Å². The van der Waals surface area contributed by atoms with Crippen molar-refractivity contribution in [2.75, 3.05) is 20.3 Å². The number of benzene rings is 1. The normalized spacial score (nSPS) is 10.2. The van der Waals surface area contributed by atoms with Crippen LogP contribution in [0.4, 0.5) is 0 Å². The molecule has 0 atom stereocenters. The molecule has 6 heteroatoms. The van der Waals surface area contributed by atoms with Gasteiger partial charge in [0.05, 0.1) is 17.7 Å². The van der Waals surface area contributed by atoms with Crippen molar-refractivity contribution in [1.82, 2.24) is 15.6 Å². The van der Waals surface area contributed by atoms with E-state index in [0.717, 1.165) is 11.1 Å². The second-order valence-electron chi connectivity index (χ2n) is 5.38. The van der Waals surface area contributed by atoms with Gasteiger partial charge in [-0.25, -0.2) is 0 Å². The first-order valence-electron chi connectivity index (χ1n) is 7.66. The minimum absolute atomic E-state index is 0.268. The summed E-state index contributed by atoms with van der Waals surface area (Å²) in [5.41, 5.74) is 2.85. The van der Waals surface area contributed by atoms with Crippen LogP contribution in [0.5, 0.6) is 0 Å². The largest absolute Gasteiger partial charge is 0.383 e. The minimum Gasteiger partial charge on any atom is -0.383 e. The lowest BCUT2D eigenvalue weighted by molar-refractivity contribution is 0.0936. The van der Waals surface area contributed by atoms with Crippen molar-refractivity contribution < 1.29 is 14.3 Å². The average molecular weight is 327 g/mol. The summed E-state index contributed by atoms with van der Waals surface area (Å²) in [7, 11) is 1.56. The summed E-state index contributed by atoms with van der Waals surface area (Å²) in [6.07, 6.45) is 2.87. The van der Waals surface area contributed by atoms with Gasteiger partial charge in [-0.1, -0.05) is 29.8 Å².